The van der Waals surface area contributed by atoms with Crippen LogP contribution in [0.25, 0.3) is 0 Å². The van der Waals surface area contributed by atoms with Crippen molar-refractivity contribution in [3.05, 3.63) is 106 Å². The van der Waals surface area contributed by atoms with Gasteiger partial charge in [0.15, 0.2) is 0 Å². The highest BCUT2D eigenvalue weighted by Crippen LogP contribution is 2.21. The maximum absolute atomic E-state index is 13.6. The summed E-state index contributed by atoms with van der Waals surface area (Å²) >= 11 is 6.42. The Kier molecular flexibility index (Phi) is 9.23. The summed E-state index contributed by atoms with van der Waals surface area (Å²) in [7, 11) is 0. The fourth-order valence-electron chi connectivity index (χ4n) is 3.67. The SMILES string of the molecule is CC(C)CNC(=O)[C@H](Cc1ccccc1)N(Cc1ccccc1Cl)C(=O)Cc1ccc(F)cc1. The van der Waals surface area contributed by atoms with Crippen LogP contribution < -0.4 is 5.32 Å². The lowest BCUT2D eigenvalue weighted by molar-refractivity contribution is -0.140. The van der Waals surface area contributed by atoms with E-state index in [-0.39, 0.29) is 36.5 Å². The molecule has 0 unspecified atom stereocenters. The van der Waals surface area contributed by atoms with Gasteiger partial charge in [0.25, 0.3) is 0 Å². The van der Waals surface area contributed by atoms with E-state index in [2.05, 4.69) is 5.32 Å². The van der Waals surface area contributed by atoms with E-state index >= 15 is 0 Å². The van der Waals surface area contributed by atoms with Gasteiger partial charge in [-0.2, -0.15) is 0 Å². The highest BCUT2D eigenvalue weighted by atomic mass is 35.5. The van der Waals surface area contributed by atoms with Crippen molar-refractivity contribution in [1.29, 1.82) is 0 Å². The van der Waals surface area contributed by atoms with Crippen LogP contribution in [0.3, 0.4) is 0 Å². The molecule has 0 bridgehead atoms. The second-order valence-electron chi connectivity index (χ2n) is 8.76. The zero-order valence-electron chi connectivity index (χ0n) is 19.5. The first-order chi connectivity index (χ1) is 16.3. The van der Waals surface area contributed by atoms with Gasteiger partial charge in [0.05, 0.1) is 6.42 Å². The summed E-state index contributed by atoms with van der Waals surface area (Å²) in [5.74, 6) is -0.531. The molecule has 0 spiro atoms. The van der Waals surface area contributed by atoms with Gasteiger partial charge in [-0.15, -0.1) is 0 Å². The summed E-state index contributed by atoms with van der Waals surface area (Å²) in [5, 5.41) is 3.52. The monoisotopic (exact) mass is 480 g/mol. The van der Waals surface area contributed by atoms with E-state index in [9.17, 15) is 14.0 Å². The van der Waals surface area contributed by atoms with E-state index in [4.69, 9.17) is 11.6 Å². The van der Waals surface area contributed by atoms with E-state index in [1.165, 1.54) is 12.1 Å². The molecule has 0 aliphatic heterocycles. The number of rotatable bonds is 10. The smallest absolute Gasteiger partial charge is 0.243 e. The van der Waals surface area contributed by atoms with Crippen molar-refractivity contribution in [2.75, 3.05) is 6.54 Å². The molecule has 3 aromatic rings. The van der Waals surface area contributed by atoms with Crippen molar-refractivity contribution < 1.29 is 14.0 Å². The standard InChI is InChI=1S/C28H30ClFN2O2/c1-20(2)18-31-28(34)26(16-21-8-4-3-5-9-21)32(19-23-10-6-7-11-25(23)29)27(33)17-22-12-14-24(30)15-13-22/h3-15,20,26H,16-19H2,1-2H3,(H,31,34)/t26-/m0/s1. The normalized spacial score (nSPS) is 11.8. The number of nitrogens with zero attached hydrogens (tertiary/aromatic N) is 1. The van der Waals surface area contributed by atoms with Gasteiger partial charge < -0.3 is 10.2 Å². The number of halogens is 2. The van der Waals surface area contributed by atoms with Crippen LogP contribution in [0.5, 0.6) is 0 Å². The Hall–Kier alpha value is -3.18. The van der Waals surface area contributed by atoms with E-state index in [0.29, 0.717) is 23.6 Å². The van der Waals surface area contributed by atoms with Crippen molar-refractivity contribution in [2.24, 2.45) is 5.92 Å². The lowest BCUT2D eigenvalue weighted by atomic mass is 10.0. The molecule has 1 atom stereocenters. The van der Waals surface area contributed by atoms with Gasteiger partial charge in [0.2, 0.25) is 11.8 Å². The second kappa shape index (κ2) is 12.3. The van der Waals surface area contributed by atoms with Crippen molar-refractivity contribution in [3.63, 3.8) is 0 Å². The van der Waals surface area contributed by atoms with Crippen molar-refractivity contribution in [1.82, 2.24) is 10.2 Å². The third kappa shape index (κ3) is 7.42. The average Bonchev–Trinajstić information content (AvgIpc) is 2.83. The molecule has 0 aromatic heterocycles. The van der Waals surface area contributed by atoms with Crippen LogP contribution in [0, 0.1) is 11.7 Å². The molecule has 3 aromatic carbocycles. The maximum atomic E-state index is 13.6. The van der Waals surface area contributed by atoms with E-state index in [1.807, 2.05) is 62.4 Å². The molecule has 0 heterocycles. The summed E-state index contributed by atoms with van der Waals surface area (Å²) in [6.07, 6.45) is 0.415. The molecular formula is C28H30ClFN2O2. The van der Waals surface area contributed by atoms with Crippen LogP contribution in [-0.4, -0.2) is 29.3 Å². The summed E-state index contributed by atoms with van der Waals surface area (Å²) in [6, 6.07) is 22.0. The van der Waals surface area contributed by atoms with Crippen LogP contribution in [0.4, 0.5) is 4.39 Å². The van der Waals surface area contributed by atoms with Crippen molar-refractivity contribution >= 4 is 23.4 Å². The molecule has 2 amide bonds. The first-order valence-corrected chi connectivity index (χ1v) is 11.8. The summed E-state index contributed by atoms with van der Waals surface area (Å²) in [6.45, 7) is 4.74. The van der Waals surface area contributed by atoms with Crippen LogP contribution >= 0.6 is 11.6 Å². The Morgan fingerprint density at radius 1 is 0.912 bits per heavy atom. The quantitative estimate of drug-likeness (QED) is 0.420. The molecule has 0 fully saturated rings. The molecule has 1 N–H and O–H groups in total. The number of carbonyl (C=O) groups is 2. The van der Waals surface area contributed by atoms with Crippen LogP contribution in [0.1, 0.15) is 30.5 Å². The van der Waals surface area contributed by atoms with E-state index in [0.717, 1.165) is 11.1 Å². The lowest BCUT2D eigenvalue weighted by Gasteiger charge is -2.32. The Morgan fingerprint density at radius 3 is 2.21 bits per heavy atom. The number of benzene rings is 3. The Bertz CT molecular complexity index is 1090. The molecule has 0 radical (unpaired) electrons. The Morgan fingerprint density at radius 2 is 1.56 bits per heavy atom. The van der Waals surface area contributed by atoms with Gasteiger partial charge in [0, 0.05) is 24.5 Å². The predicted molar refractivity (Wildman–Crippen MR) is 134 cm³/mol. The predicted octanol–water partition coefficient (Wildman–Crippen LogP) is 5.43. The fraction of sp³-hybridized carbons (Fsp3) is 0.286. The minimum Gasteiger partial charge on any atom is -0.354 e. The first kappa shape index (κ1) is 25.4. The molecule has 0 aliphatic carbocycles. The highest BCUT2D eigenvalue weighted by Gasteiger charge is 2.30. The summed E-state index contributed by atoms with van der Waals surface area (Å²) in [5.41, 5.74) is 2.38. The largest absolute Gasteiger partial charge is 0.354 e. The molecule has 6 heteroatoms. The number of hydrogen-bond donors (Lipinski definition) is 1. The highest BCUT2D eigenvalue weighted by molar-refractivity contribution is 6.31. The average molecular weight is 481 g/mol. The van der Waals surface area contributed by atoms with Gasteiger partial charge in [-0.1, -0.05) is 86.1 Å². The third-order valence-corrected chi connectivity index (χ3v) is 5.89. The molecule has 0 aliphatic rings. The molecule has 0 saturated heterocycles. The molecule has 4 nitrogen and oxygen atoms in total. The van der Waals surface area contributed by atoms with Crippen molar-refractivity contribution in [2.45, 2.75) is 39.3 Å². The van der Waals surface area contributed by atoms with E-state index in [1.54, 1.807) is 23.1 Å². The lowest BCUT2D eigenvalue weighted by Crippen LogP contribution is -2.51. The number of carbonyl (C=O) groups excluding carboxylic acids is 2. The Balaban J connectivity index is 1.96. The fourth-order valence-corrected chi connectivity index (χ4v) is 3.86. The molecule has 3 rings (SSSR count). The molecule has 178 valence electrons. The van der Waals surface area contributed by atoms with Gasteiger partial charge in [-0.05, 0) is 40.8 Å². The van der Waals surface area contributed by atoms with E-state index < -0.39 is 6.04 Å². The first-order valence-electron chi connectivity index (χ1n) is 11.4. The van der Waals surface area contributed by atoms with Crippen LogP contribution in [0.15, 0.2) is 78.9 Å². The van der Waals surface area contributed by atoms with Crippen molar-refractivity contribution in [3.8, 4) is 0 Å². The minimum atomic E-state index is -0.731. The third-order valence-electron chi connectivity index (χ3n) is 5.52. The topological polar surface area (TPSA) is 49.4 Å². The zero-order valence-corrected chi connectivity index (χ0v) is 20.3. The van der Waals surface area contributed by atoms with Gasteiger partial charge in [-0.25, -0.2) is 4.39 Å². The second-order valence-corrected chi connectivity index (χ2v) is 9.17. The minimum absolute atomic E-state index is 0.0491. The Labute approximate surface area is 205 Å². The van der Waals surface area contributed by atoms with Crippen LogP contribution in [0.2, 0.25) is 5.02 Å². The van der Waals surface area contributed by atoms with Gasteiger partial charge in [-0.3, -0.25) is 9.59 Å². The molecular weight excluding hydrogens is 451 g/mol. The summed E-state index contributed by atoms with van der Waals surface area (Å²) < 4.78 is 13.4. The number of hydrogen-bond acceptors (Lipinski definition) is 2. The van der Waals surface area contributed by atoms with Gasteiger partial charge >= 0.3 is 0 Å². The molecule has 34 heavy (non-hydrogen) atoms. The summed E-state index contributed by atoms with van der Waals surface area (Å²) in [4.78, 5) is 28.6. The maximum Gasteiger partial charge on any atom is 0.243 e. The number of amides is 2. The van der Waals surface area contributed by atoms with Gasteiger partial charge in [0.1, 0.15) is 11.9 Å². The van der Waals surface area contributed by atoms with Crippen LogP contribution in [-0.2, 0) is 29.0 Å². The zero-order chi connectivity index (χ0) is 24.5. The number of nitrogens with one attached hydrogen (secondary N) is 1. The molecule has 0 saturated carbocycles.